The van der Waals surface area contributed by atoms with Gasteiger partial charge in [-0.15, -0.1) is 22.7 Å². The number of aliphatic hydroxyl groups is 2. The molecule has 0 saturated carbocycles. The molecule has 0 aliphatic carbocycles. The first-order chi connectivity index (χ1) is 42.9. The second kappa shape index (κ2) is 36.5. The molecule has 9 amide bonds. The van der Waals surface area contributed by atoms with Crippen molar-refractivity contribution in [2.45, 2.75) is 138 Å². The highest BCUT2D eigenvalue weighted by molar-refractivity contribution is 7.10. The number of carbonyl (C=O) groups excluding carboxylic acids is 9. The number of hydrogen-bond donors (Lipinski definition) is 17. The second-order valence-corrected chi connectivity index (χ2v) is 23.5. The molecule has 3 aromatic rings. The molecule has 2 aliphatic rings. The minimum absolute atomic E-state index is 0.0584. The summed E-state index contributed by atoms with van der Waals surface area (Å²) in [5.74, 6) is -9.17. The molecular weight excluding hydrogens is 1210 g/mol. The van der Waals surface area contributed by atoms with E-state index in [-0.39, 0.29) is 115 Å². The number of hydrogen-bond acceptors (Lipinski definition) is 18. The molecule has 0 spiro atoms. The monoisotopic (exact) mass is 1290 g/mol. The molecule has 90 heavy (non-hydrogen) atoms. The number of rotatable bonds is 36. The summed E-state index contributed by atoms with van der Waals surface area (Å²) in [5, 5.41) is 52.7. The average Bonchev–Trinajstić information content (AvgIpc) is 1.74. The van der Waals surface area contributed by atoms with Crippen molar-refractivity contribution in [3.05, 3.63) is 80.7 Å². The maximum absolute atomic E-state index is 14.4. The van der Waals surface area contributed by atoms with Gasteiger partial charge < -0.3 is 102 Å². The van der Waals surface area contributed by atoms with Crippen LogP contribution in [0.4, 0.5) is 0 Å². The summed E-state index contributed by atoms with van der Waals surface area (Å²) in [6.45, 7) is -1.48. The Morgan fingerprint density at radius 3 is 1.59 bits per heavy atom. The normalized spacial score (nSPS) is 17.5. The summed E-state index contributed by atoms with van der Waals surface area (Å²) in [6, 6.07) is 3.33. The summed E-state index contributed by atoms with van der Waals surface area (Å²) >= 11 is 2.53. The fraction of sp³-hybridized carbons (Fsp3) is 0.518. The Kier molecular flexibility index (Phi) is 29.1. The zero-order chi connectivity index (χ0) is 65.9. The van der Waals surface area contributed by atoms with Crippen molar-refractivity contribution in [2.75, 3.05) is 45.9 Å². The number of guanidine groups is 3. The third-order valence-electron chi connectivity index (χ3n) is 14.5. The number of carboxylic acids is 1. The summed E-state index contributed by atoms with van der Waals surface area (Å²) < 4.78 is 0. The largest absolute Gasteiger partial charge is 0.480 e. The van der Waals surface area contributed by atoms with Gasteiger partial charge in [0.25, 0.3) is 0 Å². The molecule has 2 saturated heterocycles. The minimum atomic E-state index is -1.73. The first-order valence-corrected chi connectivity index (χ1v) is 30.9. The zero-order valence-electron chi connectivity index (χ0n) is 49.6. The molecule has 10 atom stereocenters. The topological polar surface area (TPSA) is 541 Å². The number of nitrogens with one attached hydrogen (secondary N) is 7. The van der Waals surface area contributed by atoms with Gasteiger partial charge in [-0.05, 0) is 79.8 Å². The number of carboxylic acid groups (broad SMARTS) is 1. The van der Waals surface area contributed by atoms with Crippen molar-refractivity contribution in [1.29, 1.82) is 0 Å². The number of nitrogens with two attached hydrogens (primary N) is 7. The Balaban J connectivity index is 1.25. The van der Waals surface area contributed by atoms with E-state index in [1.165, 1.54) is 27.6 Å². The molecule has 34 heteroatoms. The van der Waals surface area contributed by atoms with E-state index >= 15 is 0 Å². The lowest BCUT2D eigenvalue weighted by Crippen LogP contribution is -2.60. The molecule has 2 fully saturated rings. The number of aliphatic imine (C=N–C) groups is 3. The van der Waals surface area contributed by atoms with Gasteiger partial charge in [0.1, 0.15) is 48.3 Å². The van der Waals surface area contributed by atoms with Gasteiger partial charge in [0, 0.05) is 68.2 Å². The van der Waals surface area contributed by atoms with Gasteiger partial charge in [-0.2, -0.15) is 0 Å². The third-order valence-corrected chi connectivity index (χ3v) is 16.3. The van der Waals surface area contributed by atoms with E-state index in [1.807, 2.05) is 0 Å². The number of amides is 9. The van der Waals surface area contributed by atoms with E-state index in [1.54, 1.807) is 65.4 Å². The maximum Gasteiger partial charge on any atom is 0.326 e. The number of nitrogens with zero attached hydrogens (tertiary/aromatic N) is 5. The Morgan fingerprint density at radius 2 is 1.07 bits per heavy atom. The van der Waals surface area contributed by atoms with E-state index in [0.717, 1.165) is 4.90 Å². The van der Waals surface area contributed by atoms with Crippen molar-refractivity contribution in [2.24, 2.45) is 55.1 Å². The first kappa shape index (κ1) is 71.8. The van der Waals surface area contributed by atoms with Gasteiger partial charge in [0.05, 0.1) is 25.3 Å². The summed E-state index contributed by atoms with van der Waals surface area (Å²) in [7, 11) is 0. The quantitative estimate of drug-likeness (QED) is 0.0147. The molecule has 0 radical (unpaired) electrons. The molecule has 5 rings (SSSR count). The average molecular weight is 1290 g/mol. The smallest absolute Gasteiger partial charge is 0.326 e. The Hall–Kier alpha value is -8.99. The van der Waals surface area contributed by atoms with E-state index < -0.39 is 133 Å². The lowest BCUT2D eigenvalue weighted by molar-refractivity contribution is -0.148. The second-order valence-electron chi connectivity index (χ2n) is 21.5. The molecule has 0 bridgehead atoms. The lowest BCUT2D eigenvalue weighted by Gasteiger charge is -2.33. The molecule has 24 N–H and O–H groups in total. The molecular formula is C56H83N19O13S2. The lowest BCUT2D eigenvalue weighted by atomic mass is 10.0. The summed E-state index contributed by atoms with van der Waals surface area (Å²) in [6.07, 6.45) is -0.182. The SMILES string of the molecule is NC(N)=NCCCC(N)C(=O)NC(CCCN=C(N)N)C(=O)N1CCCC1C(=O)N1CC(O)CC1C(=O)NCC(=O)NC(Cc1cccs1)C(=O)NC(CO)C(=O)NC(Cc1ccccc1)C(=O)NC(Cc1cccs1)C(=O)NC(CCCN=C(N)N)C(=O)O. The van der Waals surface area contributed by atoms with Gasteiger partial charge >= 0.3 is 5.97 Å². The van der Waals surface area contributed by atoms with Crippen LogP contribution in [0.15, 0.2) is 80.3 Å². The number of carbonyl (C=O) groups is 10. The molecule has 2 aliphatic heterocycles. The Labute approximate surface area is 527 Å². The van der Waals surface area contributed by atoms with Crippen LogP contribution in [0.25, 0.3) is 0 Å². The van der Waals surface area contributed by atoms with Gasteiger partial charge in [0.2, 0.25) is 53.2 Å². The van der Waals surface area contributed by atoms with E-state index in [9.17, 15) is 63.3 Å². The molecule has 4 heterocycles. The predicted molar refractivity (Wildman–Crippen MR) is 334 cm³/mol. The summed E-state index contributed by atoms with van der Waals surface area (Å²) in [5.41, 5.74) is 39.2. The van der Waals surface area contributed by atoms with Gasteiger partial charge in [-0.25, -0.2) is 4.79 Å². The van der Waals surface area contributed by atoms with Crippen molar-refractivity contribution >= 4 is 99.7 Å². The van der Waals surface area contributed by atoms with Crippen molar-refractivity contribution < 1.29 is 63.3 Å². The highest BCUT2D eigenvalue weighted by Crippen LogP contribution is 2.27. The van der Waals surface area contributed by atoms with Crippen molar-refractivity contribution in [1.82, 2.24) is 47.0 Å². The van der Waals surface area contributed by atoms with Gasteiger partial charge in [-0.1, -0.05) is 42.5 Å². The van der Waals surface area contributed by atoms with Crippen LogP contribution < -0.4 is 77.4 Å². The number of thiophene rings is 2. The number of β-amino-alcohol motifs (C(OH)–C–C–N with tert-alkyl or cyclic N) is 1. The first-order valence-electron chi connectivity index (χ1n) is 29.2. The van der Waals surface area contributed by atoms with E-state index in [2.05, 4.69) is 52.2 Å². The molecule has 2 aromatic heterocycles. The third kappa shape index (κ3) is 23.5. The fourth-order valence-electron chi connectivity index (χ4n) is 9.99. The maximum atomic E-state index is 14.4. The Bertz CT molecular complexity index is 2980. The minimum Gasteiger partial charge on any atom is -0.480 e. The van der Waals surface area contributed by atoms with Crippen LogP contribution >= 0.6 is 22.7 Å². The van der Waals surface area contributed by atoms with Crippen LogP contribution in [0, 0.1) is 0 Å². The van der Waals surface area contributed by atoms with Crippen LogP contribution in [-0.4, -0.2) is 208 Å². The van der Waals surface area contributed by atoms with Crippen LogP contribution in [0.2, 0.25) is 0 Å². The van der Waals surface area contributed by atoms with Gasteiger partial charge in [0.15, 0.2) is 17.9 Å². The molecule has 492 valence electrons. The predicted octanol–water partition coefficient (Wildman–Crippen LogP) is -5.62. The zero-order valence-corrected chi connectivity index (χ0v) is 51.2. The van der Waals surface area contributed by atoms with E-state index in [4.69, 9.17) is 40.1 Å². The van der Waals surface area contributed by atoms with Crippen molar-refractivity contribution in [3.8, 4) is 0 Å². The van der Waals surface area contributed by atoms with Crippen molar-refractivity contribution in [3.63, 3.8) is 0 Å². The van der Waals surface area contributed by atoms with E-state index in [0.29, 0.717) is 28.2 Å². The highest BCUT2D eigenvalue weighted by atomic mass is 32.1. The number of aliphatic carboxylic acids is 1. The standard InChI is InChI=1S/C56H83N19O13S2/c57-35(14-4-18-64-54(58)59)45(79)69-36(15-5-19-65-55(60)61)51(85)74-21-7-17-42(74)52(86)75-29-32(77)25-43(75)50(84)67-28-44(78)68-39(26-33-12-8-22-89-33)47(81)73-41(30-76)49(83)71-38(24-31-10-2-1-3-11-31)46(80)72-40(27-34-13-9-23-90-34)48(82)70-37(53(87)88)16-6-20-66-56(62)63/h1-3,8-13,22-23,32,35-43,76-77H,4-7,14-21,24-30,57H2,(H,67,84)(H,68,78)(H,69,79)(H,70,82)(H,71,83)(H,72,80)(H,73,81)(H,87,88)(H4,58,59,64)(H4,60,61,65)(H4,62,63,66). The number of aliphatic hydroxyl groups excluding tert-OH is 2. The Morgan fingerprint density at radius 1 is 0.578 bits per heavy atom. The van der Waals surface area contributed by atoms with Crippen LogP contribution in [0.5, 0.6) is 0 Å². The van der Waals surface area contributed by atoms with Crippen LogP contribution in [0.3, 0.4) is 0 Å². The number of benzene rings is 1. The molecule has 10 unspecified atom stereocenters. The van der Waals surface area contributed by atoms with Crippen LogP contribution in [-0.2, 0) is 67.2 Å². The fourth-order valence-corrected chi connectivity index (χ4v) is 11.5. The highest BCUT2D eigenvalue weighted by Gasteiger charge is 2.46. The van der Waals surface area contributed by atoms with Gasteiger partial charge in [-0.3, -0.25) is 58.1 Å². The molecule has 32 nitrogen and oxygen atoms in total. The number of likely N-dealkylation sites (tertiary alicyclic amines) is 2. The molecule has 1 aromatic carbocycles. The van der Waals surface area contributed by atoms with Crippen LogP contribution in [0.1, 0.15) is 73.1 Å². The summed E-state index contributed by atoms with van der Waals surface area (Å²) in [4.78, 5) is 154.